The Balaban J connectivity index is 1.37. The smallest absolute Gasteiger partial charge is 0.410 e. The predicted octanol–water partition coefficient (Wildman–Crippen LogP) is 4.21. The fraction of sp³-hybridized carbons (Fsp3) is 0.654. The van der Waals surface area contributed by atoms with Crippen molar-refractivity contribution in [2.45, 2.75) is 68.8 Å². The second-order valence-corrected chi connectivity index (χ2v) is 13.7. The molecule has 4 aliphatic heterocycles. The summed E-state index contributed by atoms with van der Waals surface area (Å²) in [4.78, 5) is 38.8. The van der Waals surface area contributed by atoms with Gasteiger partial charge >= 0.3 is 11.8 Å². The zero-order valence-corrected chi connectivity index (χ0v) is 25.1. The summed E-state index contributed by atoms with van der Waals surface area (Å²) in [6, 6.07) is 2.16. The molecule has 1 aromatic heterocycles. The van der Waals surface area contributed by atoms with Gasteiger partial charge in [0, 0.05) is 54.8 Å². The molecule has 1 aromatic carbocycles. The lowest BCUT2D eigenvalue weighted by atomic mass is 10.1. The molecule has 0 spiro atoms. The highest BCUT2D eigenvalue weighted by molar-refractivity contribution is 9.10. The molecule has 5 heterocycles. The number of hydrogen-bond donors (Lipinski definition) is 0. The largest absolute Gasteiger partial charge is 0.444 e. The third-order valence-corrected chi connectivity index (χ3v) is 10.7. The maximum atomic E-state index is 13.6. The first-order valence-electron chi connectivity index (χ1n) is 13.2. The molecule has 6 rings (SSSR count). The van der Waals surface area contributed by atoms with Gasteiger partial charge in [-0.15, -0.1) is 11.8 Å². The number of nitrogens with zero attached hydrogens (tertiary/aromatic N) is 5. The van der Waals surface area contributed by atoms with Crippen molar-refractivity contribution in [3.8, 4) is 0 Å². The van der Waals surface area contributed by atoms with Crippen LogP contribution in [0.4, 0.5) is 10.6 Å². The van der Waals surface area contributed by atoms with Gasteiger partial charge in [0.15, 0.2) is 0 Å². The van der Waals surface area contributed by atoms with E-state index in [1.165, 1.54) is 0 Å². The summed E-state index contributed by atoms with van der Waals surface area (Å²) in [6.07, 6.45) is 1.55. The number of thioether (sulfide) groups is 1. The molecular weight excluding hydrogens is 594 g/mol. The number of amides is 1. The first-order chi connectivity index (χ1) is 18.1. The molecule has 2 bridgehead atoms. The van der Waals surface area contributed by atoms with Crippen molar-refractivity contribution in [1.29, 1.82) is 0 Å². The molecule has 0 N–H and O–H groups in total. The van der Waals surface area contributed by atoms with E-state index in [-0.39, 0.29) is 29.9 Å². The molecule has 206 valence electrons. The number of morpholine rings is 1. The van der Waals surface area contributed by atoms with Crippen molar-refractivity contribution in [2.75, 3.05) is 50.0 Å². The van der Waals surface area contributed by atoms with E-state index in [2.05, 4.69) is 30.7 Å². The van der Waals surface area contributed by atoms with Gasteiger partial charge in [0.25, 0.3) is 0 Å². The molecule has 3 saturated heterocycles. The number of fused-ring (bicyclic) bond motifs is 2. The van der Waals surface area contributed by atoms with Gasteiger partial charge in [0.2, 0.25) is 0 Å². The molecular formula is C26H33BrClN5O4S. The third-order valence-electron chi connectivity index (χ3n) is 7.86. The van der Waals surface area contributed by atoms with E-state index < -0.39 is 5.60 Å². The van der Waals surface area contributed by atoms with Gasteiger partial charge in [-0.2, -0.15) is 4.98 Å². The van der Waals surface area contributed by atoms with E-state index in [4.69, 9.17) is 21.1 Å². The van der Waals surface area contributed by atoms with Gasteiger partial charge < -0.3 is 14.4 Å². The number of carbonyl (C=O) groups excluding carboxylic acids is 1. The number of rotatable bonds is 2. The first-order valence-corrected chi connectivity index (χ1v) is 15.4. The summed E-state index contributed by atoms with van der Waals surface area (Å²) in [7, 11) is 0. The van der Waals surface area contributed by atoms with Crippen LogP contribution in [0, 0.1) is 0 Å². The summed E-state index contributed by atoms with van der Waals surface area (Å²) < 4.78 is 13.9. The Morgan fingerprint density at radius 2 is 1.84 bits per heavy atom. The van der Waals surface area contributed by atoms with E-state index in [9.17, 15) is 9.59 Å². The molecule has 9 nitrogen and oxygen atoms in total. The van der Waals surface area contributed by atoms with Crippen molar-refractivity contribution in [1.82, 2.24) is 19.4 Å². The van der Waals surface area contributed by atoms with Gasteiger partial charge in [0.1, 0.15) is 11.4 Å². The zero-order chi connectivity index (χ0) is 26.8. The molecule has 0 saturated carbocycles. The molecule has 1 amide bonds. The lowest BCUT2D eigenvalue weighted by molar-refractivity contribution is 0.0122. The van der Waals surface area contributed by atoms with Crippen LogP contribution in [0.1, 0.15) is 33.6 Å². The average Bonchev–Trinajstić information content (AvgIpc) is 3.02. The quantitative estimate of drug-likeness (QED) is 0.491. The van der Waals surface area contributed by atoms with Crippen molar-refractivity contribution in [3.05, 3.63) is 26.0 Å². The molecule has 0 radical (unpaired) electrons. The number of carbonyl (C=O) groups is 1. The summed E-state index contributed by atoms with van der Waals surface area (Å²) in [5, 5.41) is 1.49. The highest BCUT2D eigenvalue weighted by Gasteiger charge is 2.45. The molecule has 2 aromatic rings. The second kappa shape index (κ2) is 10.1. The van der Waals surface area contributed by atoms with Gasteiger partial charge in [-0.25, -0.2) is 9.59 Å². The van der Waals surface area contributed by atoms with E-state index in [1.54, 1.807) is 11.8 Å². The van der Waals surface area contributed by atoms with E-state index in [1.807, 2.05) is 36.3 Å². The topological polar surface area (TPSA) is 80.1 Å². The van der Waals surface area contributed by atoms with Crippen molar-refractivity contribution in [3.63, 3.8) is 0 Å². The summed E-state index contributed by atoms with van der Waals surface area (Å²) in [6.45, 7) is 10.6. The predicted molar refractivity (Wildman–Crippen MR) is 153 cm³/mol. The highest BCUT2D eigenvalue weighted by Crippen LogP contribution is 2.44. The van der Waals surface area contributed by atoms with Crippen LogP contribution in [0.2, 0.25) is 5.02 Å². The monoisotopic (exact) mass is 625 g/mol. The Bertz CT molecular complexity index is 1310. The standard InChI is InChI=1S/C26H33BrClN5O4S/c1-26(2,3)37-25(35)33-15-4-5-16(33)12-31(11-15)23-18-10-19(28)20(27)22-21(18)32(24(34)29-23)13-17(14-38-22)30-6-8-36-9-7-30/h10,15-17H,4-9,11-14H2,1-3H3/t15?,16?,17-/m0/s1. The zero-order valence-electron chi connectivity index (χ0n) is 21.9. The van der Waals surface area contributed by atoms with E-state index in [0.29, 0.717) is 43.7 Å². The number of anilines is 1. The summed E-state index contributed by atoms with van der Waals surface area (Å²) in [5.74, 6) is 1.51. The number of hydrogen-bond acceptors (Lipinski definition) is 8. The molecule has 0 aliphatic carbocycles. The number of ether oxygens (including phenoxy) is 2. The highest BCUT2D eigenvalue weighted by atomic mass is 79.9. The number of piperazine rings is 1. The average molecular weight is 627 g/mol. The minimum atomic E-state index is -0.542. The Hall–Kier alpha value is -1.53. The molecule has 38 heavy (non-hydrogen) atoms. The lowest BCUT2D eigenvalue weighted by Gasteiger charge is -2.42. The minimum Gasteiger partial charge on any atom is -0.444 e. The summed E-state index contributed by atoms with van der Waals surface area (Å²) >= 11 is 12.2. The molecule has 4 aliphatic rings. The lowest BCUT2D eigenvalue weighted by Crippen LogP contribution is -2.57. The second-order valence-electron chi connectivity index (χ2n) is 11.5. The summed E-state index contributed by atoms with van der Waals surface area (Å²) in [5.41, 5.74) is 0.101. The number of aromatic nitrogens is 2. The molecule has 3 atom stereocenters. The van der Waals surface area contributed by atoms with Gasteiger partial charge in [-0.1, -0.05) is 11.6 Å². The van der Waals surface area contributed by atoms with Crippen LogP contribution in [0.25, 0.3) is 10.9 Å². The molecule has 2 unspecified atom stereocenters. The van der Waals surface area contributed by atoms with Crippen LogP contribution in [0.5, 0.6) is 0 Å². The van der Waals surface area contributed by atoms with Crippen molar-refractivity contribution < 1.29 is 14.3 Å². The molecule has 12 heteroatoms. The van der Waals surface area contributed by atoms with Crippen LogP contribution in [0.3, 0.4) is 0 Å². The normalized spacial score (nSPS) is 26.1. The first kappa shape index (κ1) is 26.7. The Morgan fingerprint density at radius 3 is 2.50 bits per heavy atom. The van der Waals surface area contributed by atoms with E-state index >= 15 is 0 Å². The third kappa shape index (κ3) is 4.82. The number of halogens is 2. The fourth-order valence-electron chi connectivity index (χ4n) is 6.18. The maximum absolute atomic E-state index is 13.6. The Morgan fingerprint density at radius 1 is 1.16 bits per heavy atom. The Labute approximate surface area is 239 Å². The van der Waals surface area contributed by atoms with E-state index in [0.717, 1.165) is 52.0 Å². The van der Waals surface area contributed by atoms with Crippen molar-refractivity contribution >= 4 is 62.1 Å². The van der Waals surface area contributed by atoms with Crippen LogP contribution in [-0.4, -0.2) is 94.3 Å². The maximum Gasteiger partial charge on any atom is 0.410 e. The molecule has 3 fully saturated rings. The van der Waals surface area contributed by atoms with Crippen LogP contribution >= 0.6 is 39.3 Å². The van der Waals surface area contributed by atoms with Crippen LogP contribution < -0.4 is 10.6 Å². The number of benzene rings is 1. The van der Waals surface area contributed by atoms with Crippen LogP contribution in [0.15, 0.2) is 20.2 Å². The fourth-order valence-corrected chi connectivity index (χ4v) is 8.35. The van der Waals surface area contributed by atoms with Gasteiger partial charge in [-0.3, -0.25) is 14.4 Å². The SMILES string of the molecule is CC(C)(C)OC(=O)N1C2CCC1CN(c1nc(=O)n3c4c(c(Br)c(Cl)cc14)SC[C@@H](N1CCOCC1)C3)C2. The van der Waals surface area contributed by atoms with Gasteiger partial charge in [-0.05, 0) is 55.6 Å². The van der Waals surface area contributed by atoms with Gasteiger partial charge in [0.05, 0.1) is 40.3 Å². The Kier molecular flexibility index (Phi) is 7.12. The van der Waals surface area contributed by atoms with Crippen LogP contribution in [-0.2, 0) is 16.0 Å². The minimum absolute atomic E-state index is 0.0176. The van der Waals surface area contributed by atoms with Crippen molar-refractivity contribution in [2.24, 2.45) is 0 Å².